The number of halogens is 3. The van der Waals surface area contributed by atoms with Gasteiger partial charge in [-0.3, -0.25) is 0 Å². The predicted molar refractivity (Wildman–Crippen MR) is 137 cm³/mol. The van der Waals surface area contributed by atoms with E-state index in [1.165, 1.54) is 12.1 Å². The summed E-state index contributed by atoms with van der Waals surface area (Å²) in [6.07, 6.45) is 4.34. The van der Waals surface area contributed by atoms with E-state index >= 15 is 0 Å². The number of rotatable bonds is 9. The molecule has 2 atom stereocenters. The highest BCUT2D eigenvalue weighted by atomic mass is 19.2. The lowest BCUT2D eigenvalue weighted by Gasteiger charge is -2.29. The molecule has 3 nitrogen and oxygen atoms in total. The van der Waals surface area contributed by atoms with E-state index in [-0.39, 0.29) is 35.1 Å². The van der Waals surface area contributed by atoms with Gasteiger partial charge in [-0.25, -0.2) is 8.78 Å². The van der Waals surface area contributed by atoms with Crippen molar-refractivity contribution >= 4 is 0 Å². The third-order valence-electron chi connectivity index (χ3n) is 7.71. The van der Waals surface area contributed by atoms with Crippen LogP contribution in [0, 0.1) is 23.4 Å². The number of hydrogen-bond donors (Lipinski definition) is 1. The molecule has 2 aliphatic rings. The number of aliphatic hydroxyl groups excluding tert-OH is 1. The summed E-state index contributed by atoms with van der Waals surface area (Å²) in [4.78, 5) is 0. The van der Waals surface area contributed by atoms with Crippen LogP contribution in [-0.4, -0.2) is 18.3 Å². The van der Waals surface area contributed by atoms with E-state index in [0.29, 0.717) is 25.2 Å². The molecule has 2 unspecified atom stereocenters. The van der Waals surface area contributed by atoms with Gasteiger partial charge in [-0.2, -0.15) is 4.39 Å². The molecule has 1 saturated carbocycles. The van der Waals surface area contributed by atoms with E-state index < -0.39 is 17.7 Å². The summed E-state index contributed by atoms with van der Waals surface area (Å²) in [6.45, 7) is 2.96. The molecule has 6 heteroatoms. The average Bonchev–Trinajstić information content (AvgIpc) is 3.76. The zero-order valence-corrected chi connectivity index (χ0v) is 21.1. The van der Waals surface area contributed by atoms with Gasteiger partial charge in [0.15, 0.2) is 11.6 Å². The quantitative estimate of drug-likeness (QED) is 0.296. The highest BCUT2D eigenvalue weighted by Crippen LogP contribution is 2.39. The van der Waals surface area contributed by atoms with E-state index in [1.807, 2.05) is 19.1 Å². The molecule has 1 aliphatic carbocycles. The van der Waals surface area contributed by atoms with Crippen LogP contribution in [0.15, 0.2) is 54.6 Å². The molecule has 196 valence electrons. The number of epoxide rings is 1. The third kappa shape index (κ3) is 5.86. The summed E-state index contributed by atoms with van der Waals surface area (Å²) in [5, 5.41) is 10.1. The van der Waals surface area contributed by atoms with Crippen molar-refractivity contribution in [2.75, 3.05) is 13.2 Å². The lowest BCUT2D eigenvalue weighted by atomic mass is 9.78. The molecule has 0 amide bonds. The van der Waals surface area contributed by atoms with Crippen LogP contribution in [-0.2, 0) is 4.74 Å². The molecule has 0 bridgehead atoms. The van der Waals surface area contributed by atoms with Crippen LogP contribution >= 0.6 is 0 Å². The van der Waals surface area contributed by atoms with Crippen molar-refractivity contribution in [3.63, 3.8) is 0 Å². The standard InChI is InChI=1S/C31H33F3O3/c1-2-3-27(35)22-10-8-21(9-11-22)25-14-15-28(31(34)30(25)33)36-17-19-4-6-20(7-5-19)24-13-12-23(16-26(24)32)29-18-37-29/h8-16,19-20,27,29,35H,2-7,17-18H2,1H3. The van der Waals surface area contributed by atoms with Crippen LogP contribution < -0.4 is 4.74 Å². The molecule has 0 spiro atoms. The molecule has 2 fully saturated rings. The predicted octanol–water partition coefficient (Wildman–Crippen LogP) is 8.03. The van der Waals surface area contributed by atoms with Gasteiger partial charge < -0.3 is 14.6 Å². The van der Waals surface area contributed by atoms with Crippen molar-refractivity contribution in [3.8, 4) is 16.9 Å². The summed E-state index contributed by atoms with van der Waals surface area (Å²) < 4.78 is 55.3. The number of ether oxygens (including phenoxy) is 2. The number of aliphatic hydroxyl groups is 1. The van der Waals surface area contributed by atoms with Gasteiger partial charge in [0.1, 0.15) is 11.9 Å². The number of benzene rings is 3. The summed E-state index contributed by atoms with van der Waals surface area (Å²) in [6, 6.07) is 15.3. The van der Waals surface area contributed by atoms with E-state index in [4.69, 9.17) is 9.47 Å². The van der Waals surface area contributed by atoms with Gasteiger partial charge in [-0.05, 0) is 84.4 Å². The SMILES string of the molecule is CCCC(O)c1ccc(-c2ccc(OCC3CCC(c4ccc(C5CO5)cc4F)CC3)c(F)c2F)cc1. The van der Waals surface area contributed by atoms with Crippen LogP contribution in [0.2, 0.25) is 0 Å². The normalized spacial score (nSPS) is 22.0. The molecular formula is C31H33F3O3. The summed E-state index contributed by atoms with van der Waals surface area (Å²) in [7, 11) is 0. The van der Waals surface area contributed by atoms with E-state index in [2.05, 4.69) is 0 Å². The second-order valence-electron chi connectivity index (χ2n) is 10.3. The van der Waals surface area contributed by atoms with Crippen molar-refractivity contribution in [2.24, 2.45) is 5.92 Å². The van der Waals surface area contributed by atoms with Gasteiger partial charge in [0.2, 0.25) is 5.82 Å². The smallest absolute Gasteiger partial charge is 0.201 e. The van der Waals surface area contributed by atoms with Gasteiger partial charge in [0, 0.05) is 5.56 Å². The summed E-state index contributed by atoms with van der Waals surface area (Å²) >= 11 is 0. The monoisotopic (exact) mass is 510 g/mol. The van der Waals surface area contributed by atoms with Crippen molar-refractivity contribution in [3.05, 3.63) is 88.7 Å². The van der Waals surface area contributed by atoms with E-state index in [9.17, 15) is 18.3 Å². The zero-order valence-electron chi connectivity index (χ0n) is 21.1. The minimum atomic E-state index is -0.997. The van der Waals surface area contributed by atoms with Crippen molar-refractivity contribution in [1.82, 2.24) is 0 Å². The van der Waals surface area contributed by atoms with Gasteiger partial charge >= 0.3 is 0 Å². The first-order chi connectivity index (χ1) is 17.9. The molecule has 0 aromatic heterocycles. The van der Waals surface area contributed by atoms with Crippen molar-refractivity contribution in [2.45, 2.75) is 63.6 Å². The summed E-state index contributed by atoms with van der Waals surface area (Å²) in [5.74, 6) is -1.84. The average molecular weight is 511 g/mol. The van der Waals surface area contributed by atoms with Crippen LogP contribution in [0.25, 0.3) is 11.1 Å². The molecule has 5 rings (SSSR count). The fourth-order valence-electron chi connectivity index (χ4n) is 5.35. The Morgan fingerprint density at radius 2 is 1.68 bits per heavy atom. The third-order valence-corrected chi connectivity index (χ3v) is 7.71. The highest BCUT2D eigenvalue weighted by Gasteiger charge is 2.28. The Bertz CT molecular complexity index is 1220. The first kappa shape index (κ1) is 25.8. The first-order valence-corrected chi connectivity index (χ1v) is 13.2. The summed E-state index contributed by atoms with van der Waals surface area (Å²) in [5.41, 5.74) is 3.10. The molecule has 1 heterocycles. The van der Waals surface area contributed by atoms with Crippen LogP contribution in [0.5, 0.6) is 5.75 Å². The Morgan fingerprint density at radius 1 is 0.946 bits per heavy atom. The molecular weight excluding hydrogens is 477 g/mol. The fraction of sp³-hybridized carbons (Fsp3) is 0.419. The Labute approximate surface area is 216 Å². The highest BCUT2D eigenvalue weighted by molar-refractivity contribution is 5.65. The van der Waals surface area contributed by atoms with E-state index in [1.54, 1.807) is 30.3 Å². The minimum Gasteiger partial charge on any atom is -0.490 e. The number of hydrogen-bond acceptors (Lipinski definition) is 3. The second-order valence-corrected chi connectivity index (χ2v) is 10.3. The molecule has 0 radical (unpaired) electrons. The zero-order chi connectivity index (χ0) is 25.9. The first-order valence-electron chi connectivity index (χ1n) is 13.2. The van der Waals surface area contributed by atoms with Crippen LogP contribution in [0.1, 0.15) is 80.3 Å². The maximum atomic E-state index is 14.9. The topological polar surface area (TPSA) is 42.0 Å². The minimum absolute atomic E-state index is 0.0425. The molecule has 3 aromatic rings. The second kappa shape index (κ2) is 11.3. The van der Waals surface area contributed by atoms with Gasteiger partial charge in [0.25, 0.3) is 0 Å². The van der Waals surface area contributed by atoms with Crippen molar-refractivity contribution < 1.29 is 27.8 Å². The van der Waals surface area contributed by atoms with E-state index in [0.717, 1.165) is 48.8 Å². The molecule has 1 N–H and O–H groups in total. The largest absolute Gasteiger partial charge is 0.490 e. The van der Waals surface area contributed by atoms with Crippen molar-refractivity contribution in [1.29, 1.82) is 0 Å². The van der Waals surface area contributed by atoms with Gasteiger partial charge in [-0.1, -0.05) is 49.7 Å². The van der Waals surface area contributed by atoms with Gasteiger partial charge in [0.05, 0.1) is 19.3 Å². The van der Waals surface area contributed by atoms with Gasteiger partial charge in [-0.15, -0.1) is 0 Å². The molecule has 3 aromatic carbocycles. The lowest BCUT2D eigenvalue weighted by molar-refractivity contribution is 0.166. The molecule has 1 saturated heterocycles. The molecule has 1 aliphatic heterocycles. The Balaban J connectivity index is 1.17. The molecule has 37 heavy (non-hydrogen) atoms. The van der Waals surface area contributed by atoms with Crippen LogP contribution in [0.3, 0.4) is 0 Å². The Hall–Kier alpha value is -2.83. The maximum absolute atomic E-state index is 14.9. The maximum Gasteiger partial charge on any atom is 0.201 e. The lowest BCUT2D eigenvalue weighted by Crippen LogP contribution is -2.20. The Morgan fingerprint density at radius 3 is 2.32 bits per heavy atom. The Kier molecular flexibility index (Phi) is 7.87. The fourth-order valence-corrected chi connectivity index (χ4v) is 5.35. The van der Waals surface area contributed by atoms with Crippen LogP contribution in [0.4, 0.5) is 13.2 Å².